The molecule has 1 atom stereocenters. The number of piperidine rings is 1. The van der Waals surface area contributed by atoms with Crippen molar-refractivity contribution in [1.29, 1.82) is 0 Å². The zero-order valence-corrected chi connectivity index (χ0v) is 19.7. The monoisotopic (exact) mass is 496 g/mol. The second-order valence-corrected chi connectivity index (χ2v) is 10.2. The summed E-state index contributed by atoms with van der Waals surface area (Å²) in [6, 6.07) is 21.4. The van der Waals surface area contributed by atoms with Crippen molar-refractivity contribution in [3.05, 3.63) is 84.7 Å². The van der Waals surface area contributed by atoms with E-state index >= 15 is 0 Å². The maximum absolute atomic E-state index is 13.2. The van der Waals surface area contributed by atoms with Crippen molar-refractivity contribution in [2.75, 3.05) is 25.0 Å². The van der Waals surface area contributed by atoms with Gasteiger partial charge >= 0.3 is 5.97 Å². The van der Waals surface area contributed by atoms with Crippen LogP contribution in [0.4, 0.5) is 10.1 Å². The topological polar surface area (TPSA) is 92.8 Å². The number of amides is 1. The van der Waals surface area contributed by atoms with Crippen LogP contribution in [-0.2, 0) is 24.3 Å². The number of carbonyl (C=O) groups excluding carboxylic acids is 2. The second-order valence-electron chi connectivity index (χ2n) is 8.22. The van der Waals surface area contributed by atoms with Crippen LogP contribution in [0.5, 0.6) is 0 Å². The largest absolute Gasteiger partial charge is 0.455 e. The summed E-state index contributed by atoms with van der Waals surface area (Å²) in [5.41, 5.74) is 2.36. The molecule has 1 N–H and O–H groups in total. The van der Waals surface area contributed by atoms with Gasteiger partial charge in [-0.25, -0.2) is 12.8 Å². The molecule has 1 saturated heterocycles. The summed E-state index contributed by atoms with van der Waals surface area (Å²) in [6.45, 7) is -0.291. The van der Waals surface area contributed by atoms with Crippen LogP contribution in [-0.4, -0.2) is 44.3 Å². The molecular formula is C26H25FN2O5S. The Balaban J connectivity index is 1.35. The molecule has 0 bridgehead atoms. The van der Waals surface area contributed by atoms with Gasteiger partial charge in [0.15, 0.2) is 6.61 Å². The SMILES string of the molecule is O=C(COC(=O)C1CCCN(S(=O)(=O)c2ccc(F)cc2)C1)Nc1ccccc1-c1ccccc1. The number of sulfonamides is 1. The van der Waals surface area contributed by atoms with E-state index in [1.165, 1.54) is 16.4 Å². The van der Waals surface area contributed by atoms with E-state index < -0.39 is 40.2 Å². The third-order valence-corrected chi connectivity index (χ3v) is 7.68. The standard InChI is InChI=1S/C26H25FN2O5S/c27-21-12-14-22(15-13-21)35(32,33)29-16-6-9-20(17-29)26(31)34-18-25(30)28-24-11-5-4-10-23(24)19-7-2-1-3-8-19/h1-5,7-8,10-15,20H,6,9,16-18H2,(H,28,30). The highest BCUT2D eigenvalue weighted by molar-refractivity contribution is 7.89. The molecule has 4 rings (SSSR count). The van der Waals surface area contributed by atoms with E-state index in [9.17, 15) is 22.4 Å². The molecule has 0 radical (unpaired) electrons. The maximum atomic E-state index is 13.2. The molecule has 1 fully saturated rings. The number of carbonyl (C=O) groups is 2. The van der Waals surface area contributed by atoms with Gasteiger partial charge in [-0.05, 0) is 48.7 Å². The lowest BCUT2D eigenvalue weighted by Crippen LogP contribution is -2.43. The molecule has 1 aliphatic heterocycles. The maximum Gasteiger partial charge on any atom is 0.310 e. The number of esters is 1. The number of benzene rings is 3. The van der Waals surface area contributed by atoms with Crippen LogP contribution >= 0.6 is 0 Å². The summed E-state index contributed by atoms with van der Waals surface area (Å²) in [5.74, 6) is -2.35. The molecule has 35 heavy (non-hydrogen) atoms. The number of nitrogens with zero attached hydrogens (tertiary/aromatic N) is 1. The molecule has 1 heterocycles. The Morgan fingerprint density at radius 1 is 0.971 bits per heavy atom. The molecular weight excluding hydrogens is 471 g/mol. The fraction of sp³-hybridized carbons (Fsp3) is 0.231. The number of anilines is 1. The second kappa shape index (κ2) is 10.8. The van der Waals surface area contributed by atoms with Gasteiger partial charge in [0.25, 0.3) is 5.91 Å². The Labute approximate surface area is 203 Å². The van der Waals surface area contributed by atoms with Crippen molar-refractivity contribution in [1.82, 2.24) is 4.31 Å². The molecule has 0 aliphatic carbocycles. The van der Waals surface area contributed by atoms with Gasteiger partial charge < -0.3 is 10.1 Å². The molecule has 0 saturated carbocycles. The molecule has 3 aromatic carbocycles. The van der Waals surface area contributed by atoms with Crippen molar-refractivity contribution in [2.45, 2.75) is 17.7 Å². The summed E-state index contributed by atoms with van der Waals surface area (Å²) in [7, 11) is -3.87. The third kappa shape index (κ3) is 5.93. The van der Waals surface area contributed by atoms with Crippen LogP contribution in [0.25, 0.3) is 11.1 Å². The highest BCUT2D eigenvalue weighted by Gasteiger charge is 2.34. The Bertz CT molecular complexity index is 1300. The number of ether oxygens (including phenoxy) is 1. The Morgan fingerprint density at radius 3 is 2.40 bits per heavy atom. The highest BCUT2D eigenvalue weighted by Crippen LogP contribution is 2.28. The fourth-order valence-electron chi connectivity index (χ4n) is 4.01. The minimum Gasteiger partial charge on any atom is -0.455 e. The van der Waals surface area contributed by atoms with Gasteiger partial charge in [0.05, 0.1) is 10.8 Å². The number of hydrogen-bond acceptors (Lipinski definition) is 5. The first-order chi connectivity index (χ1) is 16.8. The fourth-order valence-corrected chi connectivity index (χ4v) is 5.53. The lowest BCUT2D eigenvalue weighted by atomic mass is 10.00. The van der Waals surface area contributed by atoms with Gasteiger partial charge in [0, 0.05) is 24.3 Å². The van der Waals surface area contributed by atoms with Gasteiger partial charge in [0.1, 0.15) is 5.82 Å². The Hall–Kier alpha value is -3.56. The molecule has 0 aromatic heterocycles. The minimum absolute atomic E-state index is 0.0376. The van der Waals surface area contributed by atoms with Crippen molar-refractivity contribution in [3.63, 3.8) is 0 Å². The van der Waals surface area contributed by atoms with E-state index in [1.54, 1.807) is 12.1 Å². The van der Waals surface area contributed by atoms with Crippen molar-refractivity contribution in [2.24, 2.45) is 5.92 Å². The quantitative estimate of drug-likeness (QED) is 0.498. The minimum atomic E-state index is -3.87. The smallest absolute Gasteiger partial charge is 0.310 e. The average molecular weight is 497 g/mol. The van der Waals surface area contributed by atoms with Crippen molar-refractivity contribution >= 4 is 27.6 Å². The third-order valence-electron chi connectivity index (χ3n) is 5.80. The summed E-state index contributed by atoms with van der Waals surface area (Å²) >= 11 is 0. The number of rotatable bonds is 7. The molecule has 1 unspecified atom stereocenters. The lowest BCUT2D eigenvalue weighted by molar-refractivity contribution is -0.152. The molecule has 7 nitrogen and oxygen atoms in total. The van der Waals surface area contributed by atoms with E-state index in [0.717, 1.165) is 23.3 Å². The van der Waals surface area contributed by atoms with Gasteiger partial charge in [-0.15, -0.1) is 0 Å². The molecule has 1 aliphatic rings. The van der Waals surface area contributed by atoms with E-state index in [-0.39, 0.29) is 18.0 Å². The van der Waals surface area contributed by atoms with Crippen LogP contribution in [0, 0.1) is 11.7 Å². The van der Waals surface area contributed by atoms with E-state index in [0.29, 0.717) is 18.5 Å². The number of hydrogen-bond donors (Lipinski definition) is 1. The normalized spacial score (nSPS) is 16.4. The Kier molecular flexibility index (Phi) is 7.57. The summed E-state index contributed by atoms with van der Waals surface area (Å²) in [6.07, 6.45) is 0.920. The summed E-state index contributed by atoms with van der Waals surface area (Å²) in [5, 5.41) is 2.77. The van der Waals surface area contributed by atoms with E-state index in [4.69, 9.17) is 4.74 Å². The first-order valence-electron chi connectivity index (χ1n) is 11.2. The van der Waals surface area contributed by atoms with E-state index in [1.807, 2.05) is 42.5 Å². The number of nitrogens with one attached hydrogen (secondary N) is 1. The highest BCUT2D eigenvalue weighted by atomic mass is 32.2. The zero-order valence-electron chi connectivity index (χ0n) is 18.9. The van der Waals surface area contributed by atoms with Gasteiger partial charge in [-0.2, -0.15) is 4.31 Å². The average Bonchev–Trinajstić information content (AvgIpc) is 2.88. The predicted molar refractivity (Wildman–Crippen MR) is 129 cm³/mol. The van der Waals surface area contributed by atoms with Gasteiger partial charge in [-0.1, -0.05) is 48.5 Å². The lowest BCUT2D eigenvalue weighted by Gasteiger charge is -2.30. The molecule has 1 amide bonds. The molecule has 182 valence electrons. The van der Waals surface area contributed by atoms with Crippen LogP contribution in [0.15, 0.2) is 83.8 Å². The summed E-state index contributed by atoms with van der Waals surface area (Å²) < 4.78 is 45.3. The van der Waals surface area contributed by atoms with Crippen LogP contribution in [0.1, 0.15) is 12.8 Å². The van der Waals surface area contributed by atoms with Gasteiger partial charge in [0.2, 0.25) is 10.0 Å². The first kappa shape index (κ1) is 24.6. The van der Waals surface area contributed by atoms with Crippen LogP contribution < -0.4 is 5.32 Å². The van der Waals surface area contributed by atoms with E-state index in [2.05, 4.69) is 5.32 Å². The Morgan fingerprint density at radius 2 is 1.66 bits per heavy atom. The van der Waals surface area contributed by atoms with Crippen LogP contribution in [0.3, 0.4) is 0 Å². The van der Waals surface area contributed by atoms with Crippen molar-refractivity contribution < 1.29 is 27.1 Å². The van der Waals surface area contributed by atoms with Gasteiger partial charge in [-0.3, -0.25) is 9.59 Å². The molecule has 9 heteroatoms. The zero-order chi connectivity index (χ0) is 24.8. The van der Waals surface area contributed by atoms with Crippen molar-refractivity contribution in [3.8, 4) is 11.1 Å². The molecule has 0 spiro atoms. The number of halogens is 1. The molecule has 3 aromatic rings. The summed E-state index contributed by atoms with van der Waals surface area (Å²) in [4.78, 5) is 25.1. The predicted octanol–water partition coefficient (Wildman–Crippen LogP) is 4.08. The number of para-hydroxylation sites is 1. The van der Waals surface area contributed by atoms with Crippen LogP contribution in [0.2, 0.25) is 0 Å². The first-order valence-corrected chi connectivity index (χ1v) is 12.7.